The molecule has 0 aliphatic carbocycles. The molecule has 2 atom stereocenters. The molecule has 4 nitrogen and oxygen atoms in total. The minimum absolute atomic E-state index is 0.164. The zero-order chi connectivity index (χ0) is 11.4. The summed E-state index contributed by atoms with van der Waals surface area (Å²) in [4.78, 5) is 13.3. The van der Waals surface area contributed by atoms with Gasteiger partial charge in [0, 0.05) is 12.6 Å². The second-order valence-corrected chi connectivity index (χ2v) is 4.70. The number of carbonyl (C=O) groups is 1. The summed E-state index contributed by atoms with van der Waals surface area (Å²) in [5.41, 5.74) is 0. The van der Waals surface area contributed by atoms with E-state index in [0.29, 0.717) is 18.6 Å². The van der Waals surface area contributed by atoms with Crippen LogP contribution in [0, 0.1) is 5.92 Å². The zero-order valence-corrected chi connectivity index (χ0v) is 10.1. The highest BCUT2D eigenvalue weighted by atomic mass is 16.6. The summed E-state index contributed by atoms with van der Waals surface area (Å²) in [6.45, 7) is 7.68. The van der Waals surface area contributed by atoms with Gasteiger partial charge in [0.1, 0.15) is 6.61 Å². The van der Waals surface area contributed by atoms with E-state index < -0.39 is 0 Å². The van der Waals surface area contributed by atoms with E-state index >= 15 is 0 Å². The number of nitrogens with one attached hydrogen (secondary N) is 1. The van der Waals surface area contributed by atoms with E-state index in [1.165, 1.54) is 0 Å². The Morgan fingerprint density at radius 3 is 2.73 bits per heavy atom. The quantitative estimate of drug-likeness (QED) is 0.753. The van der Waals surface area contributed by atoms with Crippen molar-refractivity contribution < 1.29 is 9.53 Å². The molecule has 0 aromatic rings. The standard InChI is InChI=1S/C11H22N2O2/c1-8(2)5-10-7-15-11(14)13(10)6-9(3)12-4/h8-10,12H,5-7H2,1-4H3. The van der Waals surface area contributed by atoms with E-state index in [-0.39, 0.29) is 12.1 Å². The van der Waals surface area contributed by atoms with E-state index in [0.717, 1.165) is 13.0 Å². The Labute approximate surface area is 92.0 Å². The molecular weight excluding hydrogens is 192 g/mol. The molecule has 0 bridgehead atoms. The lowest BCUT2D eigenvalue weighted by molar-refractivity contribution is 0.154. The van der Waals surface area contributed by atoms with Gasteiger partial charge in [-0.05, 0) is 26.3 Å². The molecule has 0 aromatic heterocycles. The summed E-state index contributed by atoms with van der Waals surface area (Å²) in [7, 11) is 1.91. The first-order valence-electron chi connectivity index (χ1n) is 5.65. The zero-order valence-electron chi connectivity index (χ0n) is 10.1. The van der Waals surface area contributed by atoms with Gasteiger partial charge in [-0.1, -0.05) is 13.8 Å². The monoisotopic (exact) mass is 214 g/mol. The maximum atomic E-state index is 11.5. The molecule has 0 radical (unpaired) electrons. The highest BCUT2D eigenvalue weighted by molar-refractivity contribution is 5.70. The lowest BCUT2D eigenvalue weighted by Crippen LogP contribution is -2.43. The van der Waals surface area contributed by atoms with Crippen molar-refractivity contribution in [3.63, 3.8) is 0 Å². The van der Waals surface area contributed by atoms with E-state index in [9.17, 15) is 4.79 Å². The number of rotatable bonds is 5. The molecule has 1 saturated heterocycles. The molecule has 88 valence electrons. The van der Waals surface area contributed by atoms with Crippen LogP contribution in [0.25, 0.3) is 0 Å². The van der Waals surface area contributed by atoms with Crippen LogP contribution < -0.4 is 5.32 Å². The van der Waals surface area contributed by atoms with Crippen LogP contribution in [0.15, 0.2) is 0 Å². The van der Waals surface area contributed by atoms with Crippen molar-refractivity contribution in [2.75, 3.05) is 20.2 Å². The predicted octanol–water partition coefficient (Wildman–Crippen LogP) is 1.46. The fourth-order valence-corrected chi connectivity index (χ4v) is 1.84. The van der Waals surface area contributed by atoms with Gasteiger partial charge >= 0.3 is 6.09 Å². The van der Waals surface area contributed by atoms with Gasteiger partial charge in [0.05, 0.1) is 6.04 Å². The lowest BCUT2D eigenvalue weighted by Gasteiger charge is -2.25. The number of nitrogens with zero attached hydrogens (tertiary/aromatic N) is 1. The van der Waals surface area contributed by atoms with Gasteiger partial charge in [0.15, 0.2) is 0 Å². The van der Waals surface area contributed by atoms with Crippen LogP contribution >= 0.6 is 0 Å². The van der Waals surface area contributed by atoms with Crippen LogP contribution in [0.5, 0.6) is 0 Å². The first-order chi connectivity index (χ1) is 7.04. The minimum Gasteiger partial charge on any atom is -0.447 e. The summed E-state index contributed by atoms with van der Waals surface area (Å²) in [6, 6.07) is 0.568. The van der Waals surface area contributed by atoms with Crippen molar-refractivity contribution in [1.82, 2.24) is 10.2 Å². The smallest absolute Gasteiger partial charge is 0.410 e. The molecule has 1 aliphatic rings. The van der Waals surface area contributed by atoms with Crippen LogP contribution in [0.2, 0.25) is 0 Å². The number of cyclic esters (lactones) is 1. The summed E-state index contributed by atoms with van der Waals surface area (Å²) in [5, 5.41) is 3.14. The first kappa shape index (κ1) is 12.3. The molecule has 1 heterocycles. The average molecular weight is 214 g/mol. The SMILES string of the molecule is CNC(C)CN1C(=O)OCC1CC(C)C. The molecule has 1 aliphatic heterocycles. The fourth-order valence-electron chi connectivity index (χ4n) is 1.84. The number of amides is 1. The largest absolute Gasteiger partial charge is 0.447 e. The van der Waals surface area contributed by atoms with Crippen molar-refractivity contribution >= 4 is 6.09 Å². The minimum atomic E-state index is -0.164. The van der Waals surface area contributed by atoms with E-state index in [2.05, 4.69) is 26.1 Å². The van der Waals surface area contributed by atoms with Crippen LogP contribution in [-0.2, 0) is 4.74 Å². The summed E-state index contributed by atoms with van der Waals surface area (Å²) >= 11 is 0. The maximum Gasteiger partial charge on any atom is 0.410 e. The number of hydrogen-bond acceptors (Lipinski definition) is 3. The molecular formula is C11H22N2O2. The predicted molar refractivity (Wildman–Crippen MR) is 59.8 cm³/mol. The molecule has 1 fully saturated rings. The van der Waals surface area contributed by atoms with Gasteiger partial charge < -0.3 is 15.0 Å². The highest BCUT2D eigenvalue weighted by Gasteiger charge is 2.33. The van der Waals surface area contributed by atoms with Crippen LogP contribution in [0.4, 0.5) is 4.79 Å². The molecule has 15 heavy (non-hydrogen) atoms. The van der Waals surface area contributed by atoms with Crippen molar-refractivity contribution in [2.45, 2.75) is 39.3 Å². The molecule has 0 spiro atoms. The topological polar surface area (TPSA) is 41.6 Å². The Hall–Kier alpha value is -0.770. The van der Waals surface area contributed by atoms with E-state index in [4.69, 9.17) is 4.74 Å². The van der Waals surface area contributed by atoms with Crippen molar-refractivity contribution in [3.05, 3.63) is 0 Å². The molecule has 4 heteroatoms. The summed E-state index contributed by atoms with van der Waals surface area (Å²) in [5.74, 6) is 0.594. The number of ether oxygens (including phenoxy) is 1. The van der Waals surface area contributed by atoms with Gasteiger partial charge in [-0.2, -0.15) is 0 Å². The van der Waals surface area contributed by atoms with Crippen molar-refractivity contribution in [2.24, 2.45) is 5.92 Å². The maximum absolute atomic E-state index is 11.5. The van der Waals surface area contributed by atoms with Crippen molar-refractivity contribution in [3.8, 4) is 0 Å². The molecule has 0 saturated carbocycles. The molecule has 1 amide bonds. The van der Waals surface area contributed by atoms with Gasteiger partial charge in [-0.3, -0.25) is 0 Å². The molecule has 0 aromatic carbocycles. The van der Waals surface area contributed by atoms with E-state index in [1.54, 1.807) is 0 Å². The number of likely N-dealkylation sites (N-methyl/N-ethyl adjacent to an activating group) is 1. The Balaban J connectivity index is 2.52. The average Bonchev–Trinajstić information content (AvgIpc) is 2.49. The highest BCUT2D eigenvalue weighted by Crippen LogP contribution is 2.19. The van der Waals surface area contributed by atoms with Crippen molar-refractivity contribution in [1.29, 1.82) is 0 Å². The van der Waals surface area contributed by atoms with Gasteiger partial charge in [-0.25, -0.2) is 4.79 Å². The third-order valence-electron chi connectivity index (χ3n) is 2.78. The lowest BCUT2D eigenvalue weighted by atomic mass is 10.0. The van der Waals surface area contributed by atoms with Gasteiger partial charge in [0.2, 0.25) is 0 Å². The summed E-state index contributed by atoms with van der Waals surface area (Å²) in [6.07, 6.45) is 0.852. The Bertz CT molecular complexity index is 219. The van der Waals surface area contributed by atoms with Crippen LogP contribution in [0.3, 0.4) is 0 Å². The third kappa shape index (κ3) is 3.38. The van der Waals surface area contributed by atoms with Gasteiger partial charge in [-0.15, -0.1) is 0 Å². The summed E-state index contributed by atoms with van der Waals surface area (Å²) < 4.78 is 5.08. The normalized spacial score (nSPS) is 23.4. The molecule has 2 unspecified atom stereocenters. The Morgan fingerprint density at radius 1 is 1.53 bits per heavy atom. The first-order valence-corrected chi connectivity index (χ1v) is 5.65. The van der Waals surface area contributed by atoms with Gasteiger partial charge in [0.25, 0.3) is 0 Å². The molecule has 1 rings (SSSR count). The van der Waals surface area contributed by atoms with E-state index in [1.807, 2.05) is 11.9 Å². The molecule has 1 N–H and O–H groups in total. The van der Waals surface area contributed by atoms with Crippen LogP contribution in [-0.4, -0.2) is 43.3 Å². The Kier molecular flexibility index (Phi) is 4.39. The third-order valence-corrected chi connectivity index (χ3v) is 2.78. The van der Waals surface area contributed by atoms with Crippen LogP contribution in [0.1, 0.15) is 27.2 Å². The number of carbonyl (C=O) groups excluding carboxylic acids is 1. The number of hydrogen-bond donors (Lipinski definition) is 1. The fraction of sp³-hybridized carbons (Fsp3) is 0.909. The Morgan fingerprint density at radius 2 is 2.20 bits per heavy atom. The second-order valence-electron chi connectivity index (χ2n) is 4.70. The second kappa shape index (κ2) is 5.35.